The highest BCUT2D eigenvalue weighted by molar-refractivity contribution is 5.97. The van der Waals surface area contributed by atoms with Crippen LogP contribution < -0.4 is 11.1 Å². The zero-order valence-corrected chi connectivity index (χ0v) is 20.6. The summed E-state index contributed by atoms with van der Waals surface area (Å²) in [6, 6.07) is 18.2. The lowest BCUT2D eigenvalue weighted by Crippen LogP contribution is -2.51. The summed E-state index contributed by atoms with van der Waals surface area (Å²) in [6.45, 7) is 0.321. The first kappa shape index (κ1) is 29.2. The molecule has 12 heteroatoms. The fourth-order valence-corrected chi connectivity index (χ4v) is 4.03. The third-order valence-corrected chi connectivity index (χ3v) is 5.91. The predicted octanol–water partition coefficient (Wildman–Crippen LogP) is 3.71. The Morgan fingerprint density at radius 3 is 2.26 bits per heavy atom. The van der Waals surface area contributed by atoms with Crippen LogP contribution in [0.3, 0.4) is 0 Å². The molecule has 4 rings (SSSR count). The first-order chi connectivity index (χ1) is 18.5. The molecular formula is C27H26F4N4O4. The molecule has 2 atom stereocenters. The SMILES string of the molecule is NC(CC(=O)N1Cc2ccccc2C[C@H]1C(=O)Nc1ccccn1)Cc1ccccc1F.O=C(O)C(F)(F)F. The molecule has 8 nitrogen and oxygen atoms in total. The van der Waals surface area contributed by atoms with Gasteiger partial charge in [0.15, 0.2) is 0 Å². The number of benzene rings is 2. The Hall–Kier alpha value is -4.32. The van der Waals surface area contributed by atoms with Gasteiger partial charge in [0, 0.05) is 31.6 Å². The molecule has 0 aliphatic carbocycles. The number of hydrogen-bond donors (Lipinski definition) is 3. The topological polar surface area (TPSA) is 126 Å². The van der Waals surface area contributed by atoms with Crippen LogP contribution in [-0.4, -0.2) is 51.0 Å². The van der Waals surface area contributed by atoms with E-state index in [0.29, 0.717) is 24.3 Å². The number of halogens is 4. The van der Waals surface area contributed by atoms with Crippen molar-refractivity contribution >= 4 is 23.6 Å². The van der Waals surface area contributed by atoms with E-state index in [1.165, 1.54) is 6.07 Å². The lowest BCUT2D eigenvalue weighted by Gasteiger charge is -2.36. The van der Waals surface area contributed by atoms with Crippen molar-refractivity contribution in [2.75, 3.05) is 5.32 Å². The van der Waals surface area contributed by atoms with Crippen molar-refractivity contribution < 1.29 is 37.1 Å². The van der Waals surface area contributed by atoms with Crippen molar-refractivity contribution in [2.45, 2.75) is 44.1 Å². The Bertz CT molecular complexity index is 1300. The van der Waals surface area contributed by atoms with E-state index in [2.05, 4.69) is 10.3 Å². The third kappa shape index (κ3) is 8.34. The summed E-state index contributed by atoms with van der Waals surface area (Å²) in [7, 11) is 0. The minimum Gasteiger partial charge on any atom is -0.475 e. The molecule has 2 heterocycles. The van der Waals surface area contributed by atoms with Gasteiger partial charge in [-0.3, -0.25) is 9.59 Å². The third-order valence-electron chi connectivity index (χ3n) is 5.91. The number of pyridine rings is 1. The van der Waals surface area contributed by atoms with Crippen LogP contribution in [0.25, 0.3) is 0 Å². The zero-order chi connectivity index (χ0) is 28.6. The van der Waals surface area contributed by atoms with Gasteiger partial charge in [-0.1, -0.05) is 48.5 Å². The van der Waals surface area contributed by atoms with Gasteiger partial charge in [-0.05, 0) is 41.3 Å². The molecule has 1 aliphatic heterocycles. The molecule has 0 saturated carbocycles. The molecule has 4 N–H and O–H groups in total. The zero-order valence-electron chi connectivity index (χ0n) is 20.6. The van der Waals surface area contributed by atoms with Gasteiger partial charge in [-0.25, -0.2) is 14.2 Å². The molecule has 3 aromatic rings. The van der Waals surface area contributed by atoms with Crippen LogP contribution in [0.15, 0.2) is 72.9 Å². The second-order valence-electron chi connectivity index (χ2n) is 8.78. The summed E-state index contributed by atoms with van der Waals surface area (Å²) >= 11 is 0. The van der Waals surface area contributed by atoms with Crippen molar-refractivity contribution in [3.05, 3.63) is 95.4 Å². The maximum Gasteiger partial charge on any atom is 0.490 e. The van der Waals surface area contributed by atoms with E-state index in [9.17, 15) is 27.2 Å². The van der Waals surface area contributed by atoms with E-state index in [1.807, 2.05) is 24.3 Å². The van der Waals surface area contributed by atoms with E-state index in [0.717, 1.165) is 11.1 Å². The van der Waals surface area contributed by atoms with Crippen LogP contribution in [0.5, 0.6) is 0 Å². The molecule has 1 aliphatic rings. The van der Waals surface area contributed by atoms with Gasteiger partial charge in [0.05, 0.1) is 0 Å². The molecule has 0 bridgehead atoms. The highest BCUT2D eigenvalue weighted by atomic mass is 19.4. The number of nitrogens with two attached hydrogens (primary N) is 1. The minimum atomic E-state index is -5.08. The Morgan fingerprint density at radius 1 is 1.03 bits per heavy atom. The number of carboxylic acid groups (broad SMARTS) is 1. The van der Waals surface area contributed by atoms with E-state index >= 15 is 0 Å². The fourth-order valence-electron chi connectivity index (χ4n) is 4.03. The van der Waals surface area contributed by atoms with Gasteiger partial charge in [-0.15, -0.1) is 0 Å². The first-order valence-corrected chi connectivity index (χ1v) is 11.8. The number of aliphatic carboxylic acids is 1. The average Bonchev–Trinajstić information content (AvgIpc) is 2.89. The lowest BCUT2D eigenvalue weighted by atomic mass is 9.92. The number of hydrogen-bond acceptors (Lipinski definition) is 5. The van der Waals surface area contributed by atoms with Gasteiger partial charge >= 0.3 is 12.1 Å². The lowest BCUT2D eigenvalue weighted by molar-refractivity contribution is -0.192. The molecule has 39 heavy (non-hydrogen) atoms. The average molecular weight is 547 g/mol. The van der Waals surface area contributed by atoms with Crippen LogP contribution >= 0.6 is 0 Å². The van der Waals surface area contributed by atoms with Gasteiger partial charge in [0.25, 0.3) is 0 Å². The number of amides is 2. The molecular weight excluding hydrogens is 520 g/mol. The molecule has 2 aromatic carbocycles. The number of carbonyl (C=O) groups excluding carboxylic acids is 2. The number of rotatable bonds is 6. The number of carbonyl (C=O) groups is 3. The number of anilines is 1. The Morgan fingerprint density at radius 2 is 1.64 bits per heavy atom. The monoisotopic (exact) mass is 546 g/mol. The minimum absolute atomic E-state index is 0.0177. The Labute approximate surface area is 221 Å². The quantitative estimate of drug-likeness (QED) is 0.405. The van der Waals surface area contributed by atoms with Crippen LogP contribution in [0.1, 0.15) is 23.1 Å². The molecule has 2 amide bonds. The Balaban J connectivity index is 0.000000532. The van der Waals surface area contributed by atoms with Gasteiger partial charge < -0.3 is 21.1 Å². The van der Waals surface area contributed by atoms with Crippen molar-refractivity contribution in [1.82, 2.24) is 9.88 Å². The van der Waals surface area contributed by atoms with Crippen molar-refractivity contribution in [1.29, 1.82) is 0 Å². The largest absolute Gasteiger partial charge is 0.490 e. The summed E-state index contributed by atoms with van der Waals surface area (Å²) in [6.07, 6.45) is -2.82. The first-order valence-electron chi connectivity index (χ1n) is 11.8. The number of aromatic nitrogens is 1. The number of carboxylic acids is 1. The maximum atomic E-state index is 14.0. The van der Waals surface area contributed by atoms with E-state index < -0.39 is 24.2 Å². The van der Waals surface area contributed by atoms with Crippen LogP contribution in [0.4, 0.5) is 23.4 Å². The molecule has 1 unspecified atom stereocenters. The second kappa shape index (κ2) is 13.0. The summed E-state index contributed by atoms with van der Waals surface area (Å²) in [5.74, 6) is -3.19. The van der Waals surface area contributed by atoms with Gasteiger partial charge in [0.2, 0.25) is 11.8 Å². The van der Waals surface area contributed by atoms with E-state index in [1.54, 1.807) is 47.5 Å². The van der Waals surface area contributed by atoms with Gasteiger partial charge in [0.1, 0.15) is 17.7 Å². The summed E-state index contributed by atoms with van der Waals surface area (Å²) in [4.78, 5) is 40.9. The molecule has 1 aromatic heterocycles. The normalized spacial score (nSPS) is 15.3. The van der Waals surface area contributed by atoms with Gasteiger partial charge in [-0.2, -0.15) is 13.2 Å². The molecule has 0 saturated heterocycles. The van der Waals surface area contributed by atoms with Crippen molar-refractivity contribution in [3.8, 4) is 0 Å². The smallest absolute Gasteiger partial charge is 0.475 e. The highest BCUT2D eigenvalue weighted by Crippen LogP contribution is 2.25. The maximum absolute atomic E-state index is 14.0. The number of nitrogens with one attached hydrogen (secondary N) is 1. The number of fused-ring (bicyclic) bond motifs is 1. The molecule has 0 fully saturated rings. The van der Waals surface area contributed by atoms with Crippen molar-refractivity contribution in [2.24, 2.45) is 5.73 Å². The van der Waals surface area contributed by atoms with E-state index in [4.69, 9.17) is 15.6 Å². The standard InChI is InChI=1S/C25H25FN4O2.C2HF3O2/c26-21-10-4-3-8-18(21)13-20(27)15-24(31)30-16-19-9-2-1-7-17(19)14-22(30)25(32)29-23-11-5-6-12-28-23;3-2(4,5)1(6)7/h1-12,20,22H,13-16,27H2,(H,28,29,32);(H,6,7)/t20?,22-;/m0./s1. The van der Waals surface area contributed by atoms with E-state index in [-0.39, 0.29) is 30.5 Å². The predicted molar refractivity (Wildman–Crippen MR) is 134 cm³/mol. The summed E-state index contributed by atoms with van der Waals surface area (Å²) in [5, 5.41) is 9.93. The fraction of sp³-hybridized carbons (Fsp3) is 0.259. The Kier molecular flexibility index (Phi) is 9.72. The van der Waals surface area contributed by atoms with Crippen LogP contribution in [0.2, 0.25) is 0 Å². The summed E-state index contributed by atoms with van der Waals surface area (Å²) < 4.78 is 45.7. The number of nitrogens with zero attached hydrogens (tertiary/aromatic N) is 2. The summed E-state index contributed by atoms with van der Waals surface area (Å²) in [5.41, 5.74) is 8.71. The molecule has 206 valence electrons. The number of alkyl halides is 3. The van der Waals surface area contributed by atoms with Crippen molar-refractivity contribution in [3.63, 3.8) is 0 Å². The molecule has 0 radical (unpaired) electrons. The van der Waals surface area contributed by atoms with Crippen LogP contribution in [-0.2, 0) is 33.8 Å². The molecule has 0 spiro atoms. The second-order valence-corrected chi connectivity index (χ2v) is 8.78. The van der Waals surface area contributed by atoms with Crippen LogP contribution in [0, 0.1) is 5.82 Å². The highest BCUT2D eigenvalue weighted by Gasteiger charge is 2.38.